The van der Waals surface area contributed by atoms with Crippen LogP contribution in [0.4, 0.5) is 0 Å². The van der Waals surface area contributed by atoms with Crippen LogP contribution in [0.3, 0.4) is 0 Å². The molecule has 1 amide bonds. The number of para-hydroxylation sites is 1. The monoisotopic (exact) mass is 461 g/mol. The van der Waals surface area contributed by atoms with Gasteiger partial charge in [0.15, 0.2) is 0 Å². The molecular weight excluding hydrogens is 434 g/mol. The first-order chi connectivity index (χ1) is 15.6. The van der Waals surface area contributed by atoms with Crippen LogP contribution in [-0.4, -0.2) is 69.7 Å². The lowest BCUT2D eigenvalue weighted by Crippen LogP contribution is -2.37. The maximum atomic E-state index is 12.2. The van der Waals surface area contributed by atoms with Crippen molar-refractivity contribution >= 4 is 34.5 Å². The van der Waals surface area contributed by atoms with E-state index in [9.17, 15) is 14.7 Å². The number of amides is 1. The number of hydrogen-bond donors (Lipinski definition) is 4. The highest BCUT2D eigenvalue weighted by molar-refractivity contribution is 6.99. The summed E-state index contributed by atoms with van der Waals surface area (Å²) in [6.45, 7) is 3.32. The highest BCUT2D eigenvalue weighted by atomic mass is 32.1. The first kappa shape index (κ1) is 23.6. The number of nitrogens with one attached hydrogen (secondary N) is 3. The summed E-state index contributed by atoms with van der Waals surface area (Å²) in [5, 5.41) is 17.0. The van der Waals surface area contributed by atoms with E-state index in [1.54, 1.807) is 6.92 Å². The molecule has 1 unspecified atom stereocenters. The zero-order valence-corrected chi connectivity index (χ0v) is 18.6. The molecule has 0 radical (unpaired) electrons. The number of hydrogen-bond acceptors (Lipinski definition) is 9. The smallest absolute Gasteiger partial charge is 0.306 e. The molecule has 3 rings (SSSR count). The average molecular weight is 462 g/mol. The number of aromatic nitrogens is 3. The molecule has 1 aromatic carbocycles. The van der Waals surface area contributed by atoms with E-state index in [-0.39, 0.29) is 31.4 Å². The number of H-pyrrole nitrogens is 1. The topological polar surface area (TPSA) is 138 Å². The number of ether oxygens (including phenoxy) is 2. The predicted octanol–water partition coefficient (Wildman–Crippen LogP) is 1.27. The fourth-order valence-electron chi connectivity index (χ4n) is 2.97. The molecule has 0 saturated heterocycles. The van der Waals surface area contributed by atoms with Gasteiger partial charge in [-0.25, -0.2) is 0 Å². The summed E-state index contributed by atoms with van der Waals surface area (Å²) >= 11 is 0.992. The molecule has 32 heavy (non-hydrogen) atoms. The van der Waals surface area contributed by atoms with Crippen molar-refractivity contribution in [2.75, 3.05) is 32.8 Å². The van der Waals surface area contributed by atoms with Gasteiger partial charge in [0.1, 0.15) is 24.1 Å². The molecule has 0 saturated carbocycles. The van der Waals surface area contributed by atoms with E-state index in [4.69, 9.17) is 9.47 Å². The Bertz CT molecular complexity index is 988. The van der Waals surface area contributed by atoms with Gasteiger partial charge in [-0.1, -0.05) is 18.2 Å². The minimum absolute atomic E-state index is 0.0340. The highest BCUT2D eigenvalue weighted by Gasteiger charge is 2.14. The molecule has 2 aromatic heterocycles. The molecule has 0 aliphatic carbocycles. The summed E-state index contributed by atoms with van der Waals surface area (Å²) in [7, 11) is 0. The number of aliphatic hydroxyl groups excluding tert-OH is 1. The normalized spacial score (nSPS) is 11.9. The van der Waals surface area contributed by atoms with Gasteiger partial charge in [-0.15, -0.1) is 4.37 Å². The summed E-state index contributed by atoms with van der Waals surface area (Å²) in [6, 6.07) is 9.51. The van der Waals surface area contributed by atoms with Gasteiger partial charge < -0.3 is 30.2 Å². The van der Waals surface area contributed by atoms with E-state index in [1.807, 2.05) is 30.3 Å². The Balaban J connectivity index is 1.30. The number of benzene rings is 1. The number of esters is 1. The molecule has 0 spiro atoms. The fraction of sp³-hybridized carbons (Fsp3) is 0.429. The minimum atomic E-state index is -0.765. The van der Waals surface area contributed by atoms with Gasteiger partial charge in [0.25, 0.3) is 5.91 Å². The molecule has 4 N–H and O–H groups in total. The second kappa shape index (κ2) is 12.1. The molecule has 11 heteroatoms. The van der Waals surface area contributed by atoms with E-state index in [1.165, 1.54) is 0 Å². The van der Waals surface area contributed by atoms with Gasteiger partial charge in [-0.2, -0.15) is 4.37 Å². The number of aliphatic hydroxyl groups is 1. The lowest BCUT2D eigenvalue weighted by Gasteiger charge is -2.13. The Labute approximate surface area is 189 Å². The Morgan fingerprint density at radius 2 is 2.09 bits per heavy atom. The van der Waals surface area contributed by atoms with Gasteiger partial charge in [0.05, 0.1) is 24.8 Å². The number of rotatable bonds is 13. The van der Waals surface area contributed by atoms with Gasteiger partial charge in [0, 0.05) is 37.0 Å². The number of aromatic amines is 1. The second-order valence-electron chi connectivity index (χ2n) is 7.02. The lowest BCUT2D eigenvalue weighted by atomic mass is 10.2. The summed E-state index contributed by atoms with van der Waals surface area (Å²) < 4.78 is 18.6. The van der Waals surface area contributed by atoms with Crippen LogP contribution in [0.1, 0.15) is 29.5 Å². The van der Waals surface area contributed by atoms with Crippen molar-refractivity contribution in [2.45, 2.75) is 25.9 Å². The Morgan fingerprint density at radius 1 is 1.25 bits per heavy atom. The maximum Gasteiger partial charge on any atom is 0.306 e. The van der Waals surface area contributed by atoms with Crippen LogP contribution >= 0.6 is 11.7 Å². The van der Waals surface area contributed by atoms with Crippen LogP contribution in [0.5, 0.6) is 5.88 Å². The molecule has 2 heterocycles. The van der Waals surface area contributed by atoms with Crippen molar-refractivity contribution in [2.24, 2.45) is 0 Å². The van der Waals surface area contributed by atoms with E-state index in [0.717, 1.165) is 22.6 Å². The van der Waals surface area contributed by atoms with Crippen LogP contribution in [0.15, 0.2) is 30.3 Å². The fourth-order valence-corrected chi connectivity index (χ4v) is 3.51. The number of carbonyl (C=O) groups is 2. The first-order valence-electron chi connectivity index (χ1n) is 10.4. The zero-order chi connectivity index (χ0) is 22.8. The highest BCUT2D eigenvalue weighted by Crippen LogP contribution is 2.17. The zero-order valence-electron chi connectivity index (χ0n) is 17.8. The largest absolute Gasteiger partial charge is 0.473 e. The third-order valence-electron chi connectivity index (χ3n) is 4.55. The quantitative estimate of drug-likeness (QED) is 0.221. The van der Waals surface area contributed by atoms with Crippen LogP contribution < -0.4 is 15.4 Å². The Morgan fingerprint density at radius 3 is 2.91 bits per heavy atom. The number of aryl methyl sites for hydroxylation is 1. The second-order valence-corrected chi connectivity index (χ2v) is 7.54. The third kappa shape index (κ3) is 7.01. The standard InChI is InChI=1S/C21H27N5O5S/c1-2-30-19(28)8-7-17-21(26-32-25-17)31-13-15(27)12-22-9-10-23-20(29)18-11-14-5-3-4-6-16(14)24-18/h3-6,11,15,22,24,27H,2,7-10,12-13H2,1H3,(H,23,29). The van der Waals surface area contributed by atoms with E-state index >= 15 is 0 Å². The number of carbonyl (C=O) groups excluding carboxylic acids is 2. The summed E-state index contributed by atoms with van der Waals surface area (Å²) in [6.07, 6.45) is -0.196. The molecule has 0 aliphatic rings. The number of fused-ring (bicyclic) bond motifs is 1. The molecule has 1 atom stereocenters. The predicted molar refractivity (Wildman–Crippen MR) is 120 cm³/mol. The van der Waals surface area contributed by atoms with E-state index in [0.29, 0.717) is 43.4 Å². The van der Waals surface area contributed by atoms with Gasteiger partial charge in [-0.3, -0.25) is 9.59 Å². The Hall–Kier alpha value is -3.02. The molecule has 0 aliphatic heterocycles. The molecule has 172 valence electrons. The average Bonchev–Trinajstić information content (AvgIpc) is 3.42. The molecule has 0 fully saturated rings. The summed E-state index contributed by atoms with van der Waals surface area (Å²) in [4.78, 5) is 26.8. The van der Waals surface area contributed by atoms with E-state index < -0.39 is 6.10 Å². The van der Waals surface area contributed by atoms with Crippen molar-refractivity contribution in [1.82, 2.24) is 24.4 Å². The van der Waals surface area contributed by atoms with Crippen LogP contribution in [-0.2, 0) is 16.0 Å². The van der Waals surface area contributed by atoms with Gasteiger partial charge in [0.2, 0.25) is 5.88 Å². The van der Waals surface area contributed by atoms with Crippen LogP contribution in [0.25, 0.3) is 10.9 Å². The summed E-state index contributed by atoms with van der Waals surface area (Å²) in [5.41, 5.74) is 2.00. The van der Waals surface area contributed by atoms with Crippen LogP contribution in [0, 0.1) is 0 Å². The lowest BCUT2D eigenvalue weighted by molar-refractivity contribution is -0.143. The molecule has 3 aromatic rings. The first-order valence-corrected chi connectivity index (χ1v) is 11.1. The third-order valence-corrected chi connectivity index (χ3v) is 5.10. The minimum Gasteiger partial charge on any atom is -0.473 e. The Kier molecular flexibility index (Phi) is 8.96. The molecular formula is C21H27N5O5S. The van der Waals surface area contributed by atoms with Crippen molar-refractivity contribution in [1.29, 1.82) is 0 Å². The van der Waals surface area contributed by atoms with Crippen molar-refractivity contribution in [3.63, 3.8) is 0 Å². The SMILES string of the molecule is CCOC(=O)CCc1nsnc1OCC(O)CNCCNC(=O)c1cc2ccccc2[nH]1. The van der Waals surface area contributed by atoms with Gasteiger partial charge in [-0.05, 0) is 19.1 Å². The van der Waals surface area contributed by atoms with Crippen LogP contribution in [0.2, 0.25) is 0 Å². The molecule has 0 bridgehead atoms. The molecule has 10 nitrogen and oxygen atoms in total. The van der Waals surface area contributed by atoms with Crippen molar-refractivity contribution in [3.8, 4) is 5.88 Å². The number of nitrogens with zero attached hydrogens (tertiary/aromatic N) is 2. The van der Waals surface area contributed by atoms with Crippen molar-refractivity contribution < 1.29 is 24.2 Å². The summed E-state index contributed by atoms with van der Waals surface area (Å²) in [5.74, 6) is -0.158. The maximum absolute atomic E-state index is 12.2. The van der Waals surface area contributed by atoms with E-state index in [2.05, 4.69) is 24.4 Å². The van der Waals surface area contributed by atoms with Gasteiger partial charge >= 0.3 is 5.97 Å². The van der Waals surface area contributed by atoms with Crippen molar-refractivity contribution in [3.05, 3.63) is 41.7 Å².